The number of carbonyl (C=O) groups excluding carboxylic acids is 1. The van der Waals surface area contributed by atoms with Crippen molar-refractivity contribution >= 4 is 11.6 Å². The zero-order chi connectivity index (χ0) is 14.9. The molecule has 2 heterocycles. The summed E-state index contributed by atoms with van der Waals surface area (Å²) in [6.07, 6.45) is 2.10. The molecule has 0 unspecified atom stereocenters. The van der Waals surface area contributed by atoms with Crippen molar-refractivity contribution in [1.82, 2.24) is 0 Å². The molecule has 0 fully saturated rings. The van der Waals surface area contributed by atoms with Crippen LogP contribution in [0.2, 0.25) is 0 Å². The van der Waals surface area contributed by atoms with E-state index >= 15 is 0 Å². The molecule has 4 heteroatoms. The van der Waals surface area contributed by atoms with Crippen molar-refractivity contribution in [3.63, 3.8) is 0 Å². The molecule has 2 aliphatic heterocycles. The number of benzene rings is 2. The quantitative estimate of drug-likeness (QED) is 0.874. The lowest BCUT2D eigenvalue weighted by molar-refractivity contribution is -0.118. The third kappa shape index (κ3) is 2.21. The van der Waals surface area contributed by atoms with E-state index in [1.807, 2.05) is 41.3 Å². The zero-order valence-electron chi connectivity index (χ0n) is 12.2. The number of anilines is 1. The van der Waals surface area contributed by atoms with Crippen LogP contribution < -0.4 is 14.4 Å². The van der Waals surface area contributed by atoms with Gasteiger partial charge in [0.05, 0.1) is 0 Å². The summed E-state index contributed by atoms with van der Waals surface area (Å²) in [5, 5.41) is 0. The molecule has 4 rings (SSSR count). The highest BCUT2D eigenvalue weighted by molar-refractivity contribution is 5.95. The summed E-state index contributed by atoms with van der Waals surface area (Å²) < 4.78 is 10.9. The lowest BCUT2D eigenvalue weighted by atomic mass is 10.1. The number of para-hydroxylation sites is 2. The van der Waals surface area contributed by atoms with Gasteiger partial charge in [-0.25, -0.2) is 0 Å². The first kappa shape index (κ1) is 13.2. The van der Waals surface area contributed by atoms with Crippen LogP contribution >= 0.6 is 0 Å². The molecule has 2 aliphatic rings. The summed E-state index contributed by atoms with van der Waals surface area (Å²) in [6.45, 7) is 1.05. The van der Waals surface area contributed by atoms with Crippen molar-refractivity contribution < 1.29 is 14.3 Å². The van der Waals surface area contributed by atoms with Crippen LogP contribution in [0.3, 0.4) is 0 Å². The second-order valence-corrected chi connectivity index (χ2v) is 5.58. The van der Waals surface area contributed by atoms with Crippen molar-refractivity contribution in [3.8, 4) is 11.5 Å². The number of hydrogen-bond donors (Lipinski definition) is 0. The van der Waals surface area contributed by atoms with Gasteiger partial charge >= 0.3 is 0 Å². The molecular weight excluding hydrogens is 278 g/mol. The molecule has 112 valence electrons. The highest BCUT2D eigenvalue weighted by Gasteiger charge is 2.24. The van der Waals surface area contributed by atoms with Gasteiger partial charge in [0, 0.05) is 18.7 Å². The van der Waals surface area contributed by atoms with E-state index < -0.39 is 0 Å². The Bertz CT molecular complexity index is 726. The second-order valence-electron chi connectivity index (χ2n) is 5.58. The van der Waals surface area contributed by atoms with Crippen molar-refractivity contribution in [2.75, 3.05) is 18.2 Å². The highest BCUT2D eigenvalue weighted by Crippen LogP contribution is 2.36. The van der Waals surface area contributed by atoms with E-state index in [2.05, 4.69) is 6.07 Å². The number of ether oxygens (including phenoxy) is 2. The predicted molar refractivity (Wildman–Crippen MR) is 83.4 cm³/mol. The predicted octanol–water partition coefficient (Wildman–Crippen LogP) is 2.94. The number of carbonyl (C=O) groups is 1. The van der Waals surface area contributed by atoms with E-state index in [1.165, 1.54) is 5.56 Å². The second kappa shape index (κ2) is 5.37. The maximum absolute atomic E-state index is 12.5. The normalized spacial score (nSPS) is 15.0. The highest BCUT2D eigenvalue weighted by atomic mass is 16.7. The van der Waals surface area contributed by atoms with Gasteiger partial charge in [-0.05, 0) is 36.1 Å². The number of rotatable bonds is 3. The Hall–Kier alpha value is -2.49. The summed E-state index contributed by atoms with van der Waals surface area (Å²) >= 11 is 0. The molecule has 0 saturated heterocycles. The first-order valence-corrected chi connectivity index (χ1v) is 7.59. The molecule has 4 nitrogen and oxygen atoms in total. The fraction of sp³-hybridized carbons (Fsp3) is 0.278. The maximum Gasteiger partial charge on any atom is 0.231 e. The number of aryl methyl sites for hydroxylation is 1. The van der Waals surface area contributed by atoms with Gasteiger partial charge in [0.25, 0.3) is 0 Å². The Morgan fingerprint density at radius 3 is 2.95 bits per heavy atom. The van der Waals surface area contributed by atoms with E-state index in [1.54, 1.807) is 0 Å². The minimum atomic E-state index is 0.168. The molecular formula is C18H17NO3. The van der Waals surface area contributed by atoms with Crippen LogP contribution in [-0.4, -0.2) is 19.2 Å². The summed E-state index contributed by atoms with van der Waals surface area (Å²) in [5.41, 5.74) is 3.36. The molecule has 0 aromatic heterocycles. The molecule has 2 aromatic rings. The summed E-state index contributed by atoms with van der Waals surface area (Å²) in [5.74, 6) is 1.73. The molecule has 0 bridgehead atoms. The van der Waals surface area contributed by atoms with Crippen molar-refractivity contribution in [1.29, 1.82) is 0 Å². The molecule has 0 radical (unpaired) electrons. The van der Waals surface area contributed by atoms with Gasteiger partial charge in [0.2, 0.25) is 12.7 Å². The van der Waals surface area contributed by atoms with Gasteiger partial charge in [-0.15, -0.1) is 0 Å². The van der Waals surface area contributed by atoms with E-state index in [4.69, 9.17) is 9.47 Å². The van der Waals surface area contributed by atoms with Crippen molar-refractivity contribution in [3.05, 3.63) is 53.6 Å². The van der Waals surface area contributed by atoms with Crippen molar-refractivity contribution in [2.24, 2.45) is 0 Å². The van der Waals surface area contributed by atoms with E-state index in [-0.39, 0.29) is 12.7 Å². The first-order valence-electron chi connectivity index (χ1n) is 7.59. The lowest BCUT2D eigenvalue weighted by Crippen LogP contribution is -2.29. The first-order chi connectivity index (χ1) is 10.8. The molecule has 22 heavy (non-hydrogen) atoms. The van der Waals surface area contributed by atoms with E-state index in [9.17, 15) is 4.79 Å². The minimum absolute atomic E-state index is 0.168. The standard InChI is InChI=1S/C18H17NO3/c20-17(19-11-10-13-4-1-2-6-15(13)19)9-8-14-5-3-7-16-18(14)22-12-21-16/h1-7H,8-12H2. The lowest BCUT2D eigenvalue weighted by Gasteiger charge is -2.17. The fourth-order valence-corrected chi connectivity index (χ4v) is 3.16. The smallest absolute Gasteiger partial charge is 0.231 e. The average molecular weight is 295 g/mol. The van der Waals surface area contributed by atoms with Gasteiger partial charge in [-0.1, -0.05) is 30.3 Å². The number of hydrogen-bond acceptors (Lipinski definition) is 3. The largest absolute Gasteiger partial charge is 0.454 e. The Morgan fingerprint density at radius 2 is 2.00 bits per heavy atom. The summed E-state index contributed by atoms with van der Waals surface area (Å²) in [4.78, 5) is 14.4. The van der Waals surface area contributed by atoms with E-state index in [0.717, 1.165) is 35.7 Å². The van der Waals surface area contributed by atoms with Crippen LogP contribution in [0.25, 0.3) is 0 Å². The maximum atomic E-state index is 12.5. The van der Waals surface area contributed by atoms with Gasteiger partial charge in [-0.2, -0.15) is 0 Å². The van der Waals surface area contributed by atoms with E-state index in [0.29, 0.717) is 12.8 Å². The zero-order valence-corrected chi connectivity index (χ0v) is 12.2. The molecule has 2 aromatic carbocycles. The number of nitrogens with zero attached hydrogens (tertiary/aromatic N) is 1. The molecule has 0 saturated carbocycles. The van der Waals surface area contributed by atoms with Gasteiger partial charge in [0.1, 0.15) is 0 Å². The minimum Gasteiger partial charge on any atom is -0.454 e. The van der Waals surface area contributed by atoms with Crippen LogP contribution in [0.1, 0.15) is 17.5 Å². The Morgan fingerprint density at radius 1 is 1.09 bits per heavy atom. The van der Waals surface area contributed by atoms with Crippen LogP contribution in [-0.2, 0) is 17.6 Å². The number of amides is 1. The Balaban J connectivity index is 1.47. The average Bonchev–Trinajstić information content (AvgIpc) is 3.19. The van der Waals surface area contributed by atoms with Crippen molar-refractivity contribution in [2.45, 2.75) is 19.3 Å². The van der Waals surface area contributed by atoms with Gasteiger partial charge in [0.15, 0.2) is 11.5 Å². The third-order valence-corrected chi connectivity index (χ3v) is 4.27. The van der Waals surface area contributed by atoms with Crippen LogP contribution in [0.4, 0.5) is 5.69 Å². The van der Waals surface area contributed by atoms with Gasteiger partial charge in [-0.3, -0.25) is 4.79 Å². The SMILES string of the molecule is O=C(CCc1cccc2c1OCO2)N1CCc2ccccc21. The van der Waals surface area contributed by atoms with Gasteiger partial charge < -0.3 is 14.4 Å². The summed E-state index contributed by atoms with van der Waals surface area (Å²) in [6, 6.07) is 14.0. The molecule has 0 N–H and O–H groups in total. The number of fused-ring (bicyclic) bond motifs is 2. The molecule has 1 amide bonds. The third-order valence-electron chi connectivity index (χ3n) is 4.27. The Labute approximate surface area is 129 Å². The van der Waals surface area contributed by atoms with Crippen LogP contribution in [0.5, 0.6) is 11.5 Å². The Kier molecular flexibility index (Phi) is 3.22. The molecule has 0 spiro atoms. The van der Waals surface area contributed by atoms with Crippen LogP contribution in [0, 0.1) is 0 Å². The monoisotopic (exact) mass is 295 g/mol. The molecule has 0 atom stereocenters. The fourth-order valence-electron chi connectivity index (χ4n) is 3.16. The topological polar surface area (TPSA) is 38.8 Å². The van der Waals surface area contributed by atoms with Crippen LogP contribution in [0.15, 0.2) is 42.5 Å². The molecule has 0 aliphatic carbocycles. The summed E-state index contributed by atoms with van der Waals surface area (Å²) in [7, 11) is 0.